The molecule has 32 atom stereocenters. The molecular formula is C63H94O17S. The molecule has 0 N–H and O–H groups in total. The molecule has 21 aliphatic rings. The largest absolute Gasteiger partial charge is 0.509 e. The molecule has 11 aliphatic heterocycles. The Hall–Kier alpha value is -3.38. The molecule has 17 nitrogen and oxygen atoms in total. The Balaban J connectivity index is 0.0000000970. The van der Waals surface area contributed by atoms with Crippen LogP contribution in [0.15, 0.2) is 0 Å². The lowest BCUT2D eigenvalue weighted by atomic mass is 9.69. The molecule has 21 fully saturated rings. The highest BCUT2D eigenvalue weighted by molar-refractivity contribution is 8.01. The zero-order valence-electron chi connectivity index (χ0n) is 49.6. The van der Waals surface area contributed by atoms with Crippen molar-refractivity contribution in [3.05, 3.63) is 0 Å². The monoisotopic (exact) mass is 1150 g/mol. The number of rotatable bonds is 0. The molecule has 0 amide bonds. The quantitative estimate of drug-likeness (QED) is 0.126. The Morgan fingerprint density at radius 1 is 0.296 bits per heavy atom. The number of ether oxygens (including phenoxy) is 12. The fourth-order valence-electron chi connectivity index (χ4n) is 21.5. The summed E-state index contributed by atoms with van der Waals surface area (Å²) in [5.74, 6) is 12.8. The molecule has 0 radical (unpaired) electrons. The summed E-state index contributed by atoms with van der Waals surface area (Å²) in [5.41, 5.74) is 0. The van der Waals surface area contributed by atoms with Crippen molar-refractivity contribution in [3.63, 3.8) is 0 Å². The summed E-state index contributed by atoms with van der Waals surface area (Å²) in [7, 11) is 0. The predicted octanol–water partition coefficient (Wildman–Crippen LogP) is 12.9. The number of carbonyl (C=O) groups excluding carboxylic acids is 5. The zero-order chi connectivity index (χ0) is 56.9. The first-order valence-corrected chi connectivity index (χ1v) is 33.9. The molecular weight excluding hydrogens is 1060 g/mol. The molecule has 18 heteroatoms. The Kier molecular flexibility index (Phi) is 16.8. The highest BCUT2D eigenvalue weighted by atomic mass is 32.2. The van der Waals surface area contributed by atoms with Crippen LogP contribution in [-0.2, 0) is 56.8 Å². The summed E-state index contributed by atoms with van der Waals surface area (Å²) >= 11 is 1.92. The first-order chi connectivity index (χ1) is 39.6. The van der Waals surface area contributed by atoms with E-state index in [1.165, 1.54) is 89.9 Å². The maximum atomic E-state index is 11.2. The number of carbonyl (C=O) groups is 5. The summed E-state index contributed by atoms with van der Waals surface area (Å²) in [6.45, 7) is 20.2. The molecule has 16 bridgehead atoms. The highest BCUT2D eigenvalue weighted by Crippen LogP contribution is 2.71. The summed E-state index contributed by atoms with van der Waals surface area (Å²) in [6, 6.07) is 0. The molecule has 32 unspecified atom stereocenters. The van der Waals surface area contributed by atoms with E-state index in [1.54, 1.807) is 0 Å². The van der Waals surface area contributed by atoms with Gasteiger partial charge in [-0.2, -0.15) is 0 Å². The maximum Gasteiger partial charge on any atom is 0.509 e. The van der Waals surface area contributed by atoms with Gasteiger partial charge in [0.25, 0.3) is 0 Å². The highest BCUT2D eigenvalue weighted by Gasteiger charge is 2.73. The summed E-state index contributed by atoms with van der Waals surface area (Å²) in [4.78, 5) is 55.0. The summed E-state index contributed by atoms with van der Waals surface area (Å²) < 4.78 is 63.5. The van der Waals surface area contributed by atoms with Crippen molar-refractivity contribution in [3.8, 4) is 0 Å². The minimum atomic E-state index is -0.528. The smallest absolute Gasteiger partial charge is 0.427 e. The molecule has 10 saturated carbocycles. The van der Waals surface area contributed by atoms with Gasteiger partial charge < -0.3 is 56.8 Å². The second kappa shape index (κ2) is 23.5. The fraction of sp³-hybridized carbons (Fsp3) is 0.921. The van der Waals surface area contributed by atoms with Crippen LogP contribution in [0.2, 0.25) is 0 Å². The third-order valence-corrected chi connectivity index (χ3v) is 24.9. The molecule has 0 aromatic heterocycles. The van der Waals surface area contributed by atoms with E-state index in [-0.39, 0.29) is 85.5 Å². The second-order valence-electron chi connectivity index (χ2n) is 26.0. The molecule has 0 spiro atoms. The van der Waals surface area contributed by atoms with Crippen molar-refractivity contribution in [1.82, 2.24) is 0 Å². The number of hydrogen-bond acceptors (Lipinski definition) is 18. The number of fused-ring (bicyclic) bond motifs is 46. The standard InChI is InChI=1S/2C13H16O3.C12H14O4.C7H8O4.C7H8O3S.C3H8.4C2H6/c2*14-13-15-11-7-4-8(12(11)16-13)10-6-2-1-5(3-6)9(7)10;13-12-15-10-8-6-4-1-2-5(3-4)7(6)9(14-8)11(10)16-12;8-7-10-5-3-1-2-4(9-3)6(5)11-7;8-7-9-5-3-1-2-4(11-3)6(5)10-7;1-3-2;4*1-2/h2*5-12H,1-4H2;4-11H,1-3H2;2*3-6H,1-2H2;3H2,1-2H3;4*1-2H3. The summed E-state index contributed by atoms with van der Waals surface area (Å²) in [6.07, 6.45) is 19.3. The van der Waals surface area contributed by atoms with E-state index in [1.807, 2.05) is 67.2 Å². The van der Waals surface area contributed by atoms with Gasteiger partial charge in [0.15, 0.2) is 36.6 Å². The molecule has 0 aromatic carbocycles. The van der Waals surface area contributed by atoms with Crippen molar-refractivity contribution < 1.29 is 80.8 Å². The molecule has 11 saturated heterocycles. The molecule has 11 heterocycles. The van der Waals surface area contributed by atoms with Gasteiger partial charge in [0.1, 0.15) is 36.6 Å². The molecule has 10 aliphatic carbocycles. The minimum absolute atomic E-state index is 0.0752. The Morgan fingerprint density at radius 3 is 0.864 bits per heavy atom. The Morgan fingerprint density at radius 2 is 0.556 bits per heavy atom. The van der Waals surface area contributed by atoms with E-state index < -0.39 is 30.8 Å². The van der Waals surface area contributed by atoms with Crippen LogP contribution in [0.25, 0.3) is 0 Å². The van der Waals surface area contributed by atoms with Crippen molar-refractivity contribution in [2.24, 2.45) is 94.7 Å². The SMILES string of the molecule is CC.CC.CC.CC.CCC.O=C1OC2C(O1)C1OC2C2C3CCC(C3)C12.O=C1OC2C3CC(C2O1)C1C2CCC(C2)C31.O=C1OC2C3CC(C2O1)C1C2CCC(C2)C31.O=C1OC2C3CCC(O3)C2O1.O=C1OC2C3CCC(S3)C2O1. The number of hydrogen-bond donors (Lipinski definition) is 0. The predicted molar refractivity (Wildman–Crippen MR) is 295 cm³/mol. The van der Waals surface area contributed by atoms with Crippen LogP contribution in [0.4, 0.5) is 24.0 Å². The van der Waals surface area contributed by atoms with Crippen molar-refractivity contribution >= 4 is 42.5 Å². The van der Waals surface area contributed by atoms with Crippen molar-refractivity contribution in [2.75, 3.05) is 0 Å². The van der Waals surface area contributed by atoms with Crippen LogP contribution in [0.1, 0.15) is 172 Å². The van der Waals surface area contributed by atoms with Crippen LogP contribution >= 0.6 is 11.8 Å². The maximum absolute atomic E-state index is 11.2. The van der Waals surface area contributed by atoms with Crippen LogP contribution in [-0.4, -0.2) is 127 Å². The number of thioether (sulfide) groups is 1. The van der Waals surface area contributed by atoms with E-state index in [2.05, 4.69) is 13.8 Å². The van der Waals surface area contributed by atoms with E-state index >= 15 is 0 Å². The van der Waals surface area contributed by atoms with Crippen LogP contribution in [0.5, 0.6) is 0 Å². The molecule has 21 rings (SSSR count). The van der Waals surface area contributed by atoms with Crippen LogP contribution in [0, 0.1) is 94.7 Å². The molecule has 0 aromatic rings. The molecule has 81 heavy (non-hydrogen) atoms. The normalized spacial score (nSPS) is 52.8. The first-order valence-electron chi connectivity index (χ1n) is 32.9. The first kappa shape index (κ1) is 58.0. The zero-order valence-corrected chi connectivity index (χ0v) is 50.5. The average molecular weight is 1160 g/mol. The van der Waals surface area contributed by atoms with Gasteiger partial charge >= 0.3 is 30.8 Å². The lowest BCUT2D eigenvalue weighted by Crippen LogP contribution is -2.47. The third-order valence-electron chi connectivity index (χ3n) is 23.2. The van der Waals surface area contributed by atoms with Gasteiger partial charge in [0.05, 0.1) is 12.2 Å². The average Bonchev–Trinajstić information content (AvgIpc) is 2.36. The molecule has 454 valence electrons. The van der Waals surface area contributed by atoms with E-state index in [9.17, 15) is 24.0 Å². The lowest BCUT2D eigenvalue weighted by molar-refractivity contribution is -0.00113. The van der Waals surface area contributed by atoms with Gasteiger partial charge in [-0.1, -0.05) is 75.7 Å². The van der Waals surface area contributed by atoms with Gasteiger partial charge in [-0.25, -0.2) is 24.0 Å². The van der Waals surface area contributed by atoms with Crippen LogP contribution in [0.3, 0.4) is 0 Å². The Bertz CT molecular complexity index is 1950. The van der Waals surface area contributed by atoms with Gasteiger partial charge in [0, 0.05) is 34.2 Å². The Labute approximate surface area is 484 Å². The summed E-state index contributed by atoms with van der Waals surface area (Å²) in [5, 5.41) is 1.05. The van der Waals surface area contributed by atoms with E-state index in [0.29, 0.717) is 46.0 Å². The van der Waals surface area contributed by atoms with Gasteiger partial charge in [0.2, 0.25) is 0 Å². The fourth-order valence-corrected chi connectivity index (χ4v) is 23.3. The van der Waals surface area contributed by atoms with Gasteiger partial charge in [-0.3, -0.25) is 0 Å². The third kappa shape index (κ3) is 9.35. The van der Waals surface area contributed by atoms with Gasteiger partial charge in [-0.15, -0.1) is 11.8 Å². The van der Waals surface area contributed by atoms with E-state index in [0.717, 1.165) is 72.0 Å². The van der Waals surface area contributed by atoms with Crippen molar-refractivity contribution in [2.45, 2.75) is 268 Å². The van der Waals surface area contributed by atoms with E-state index in [4.69, 9.17) is 56.8 Å². The second-order valence-corrected chi connectivity index (χ2v) is 27.5. The van der Waals surface area contributed by atoms with Gasteiger partial charge in [-0.05, 0) is 167 Å². The van der Waals surface area contributed by atoms with Crippen LogP contribution < -0.4 is 0 Å². The lowest BCUT2D eigenvalue weighted by Gasteiger charge is -2.38. The topological polar surface area (TPSA) is 196 Å². The van der Waals surface area contributed by atoms with Crippen molar-refractivity contribution in [1.29, 1.82) is 0 Å². The minimum Gasteiger partial charge on any atom is -0.427 e.